The van der Waals surface area contributed by atoms with Crippen molar-refractivity contribution in [3.05, 3.63) is 0 Å². The van der Waals surface area contributed by atoms with Crippen molar-refractivity contribution >= 4 is 36.2 Å². The first-order valence-corrected chi connectivity index (χ1v) is 16.5. The van der Waals surface area contributed by atoms with Crippen molar-refractivity contribution in [2.24, 2.45) is 9.98 Å². The third kappa shape index (κ3) is 22.0. The van der Waals surface area contributed by atoms with Gasteiger partial charge in [-0.25, -0.2) is 19.2 Å². The van der Waals surface area contributed by atoms with Crippen LogP contribution in [0.3, 0.4) is 0 Å². The summed E-state index contributed by atoms with van der Waals surface area (Å²) in [5, 5.41) is 10.3. The van der Waals surface area contributed by atoms with Gasteiger partial charge in [0, 0.05) is 26.2 Å². The molecule has 5 amide bonds. The zero-order chi connectivity index (χ0) is 34.8. The highest BCUT2D eigenvalue weighted by molar-refractivity contribution is 6.03. The Bertz CT molecular complexity index is 1010. The van der Waals surface area contributed by atoms with Gasteiger partial charge in [-0.3, -0.25) is 31.3 Å². The quantitative estimate of drug-likeness (QED) is 0.110. The minimum atomic E-state index is -0.739. The number of nitrogens with zero attached hydrogens (tertiary/aromatic N) is 3. The molecular formula is C32H59N7O7. The third-order valence-corrected chi connectivity index (χ3v) is 6.08. The molecule has 4 N–H and O–H groups in total. The lowest BCUT2D eigenvalue weighted by molar-refractivity contribution is 0.0534. The zero-order valence-corrected chi connectivity index (χ0v) is 29.6. The third-order valence-electron chi connectivity index (χ3n) is 6.08. The Morgan fingerprint density at radius 2 is 1.24 bits per heavy atom. The Kier molecular flexibility index (Phi) is 17.4. The van der Waals surface area contributed by atoms with Gasteiger partial charge in [-0.05, 0) is 88.0 Å². The van der Waals surface area contributed by atoms with Gasteiger partial charge in [-0.1, -0.05) is 38.5 Å². The molecule has 0 radical (unpaired) electrons. The number of hydrogen-bond acceptors (Lipinski definition) is 9. The van der Waals surface area contributed by atoms with Crippen LogP contribution in [0.4, 0.5) is 19.2 Å². The van der Waals surface area contributed by atoms with Crippen LogP contribution in [0.2, 0.25) is 0 Å². The summed E-state index contributed by atoms with van der Waals surface area (Å²) in [7, 11) is 0. The van der Waals surface area contributed by atoms with Crippen LogP contribution < -0.4 is 21.3 Å². The van der Waals surface area contributed by atoms with Crippen LogP contribution in [0, 0.1) is 0 Å². The van der Waals surface area contributed by atoms with Crippen LogP contribution in [0.25, 0.3) is 0 Å². The minimum absolute atomic E-state index is 0.0484. The van der Waals surface area contributed by atoms with Gasteiger partial charge in [0.05, 0.1) is 0 Å². The van der Waals surface area contributed by atoms with E-state index in [1.54, 1.807) is 67.2 Å². The Morgan fingerprint density at radius 3 is 1.80 bits per heavy atom. The van der Waals surface area contributed by atoms with E-state index in [0.717, 1.165) is 57.8 Å². The van der Waals surface area contributed by atoms with Crippen LogP contribution in [0.15, 0.2) is 9.98 Å². The van der Waals surface area contributed by atoms with Crippen LogP contribution in [-0.2, 0) is 14.2 Å². The molecule has 264 valence electrons. The van der Waals surface area contributed by atoms with E-state index in [2.05, 4.69) is 31.3 Å². The molecule has 1 heterocycles. The molecule has 0 spiro atoms. The largest absolute Gasteiger partial charge is 0.444 e. The monoisotopic (exact) mass is 653 g/mol. The van der Waals surface area contributed by atoms with Crippen molar-refractivity contribution < 1.29 is 33.4 Å². The summed E-state index contributed by atoms with van der Waals surface area (Å²) in [6.45, 7) is 17.7. The summed E-state index contributed by atoms with van der Waals surface area (Å²) in [6, 6.07) is -0.315. The van der Waals surface area contributed by atoms with E-state index in [9.17, 15) is 19.2 Å². The maximum absolute atomic E-state index is 13.2. The number of ether oxygens (including phenoxy) is 3. The molecular weight excluding hydrogens is 594 g/mol. The number of carbonyl (C=O) groups excluding carboxylic acids is 4. The highest BCUT2D eigenvalue weighted by atomic mass is 16.6. The number of carbonyl (C=O) groups is 4. The number of amides is 5. The van der Waals surface area contributed by atoms with Crippen LogP contribution in [0.5, 0.6) is 0 Å². The number of unbranched alkanes of at least 4 members (excludes halogenated alkanes) is 3. The number of rotatable bonds is 7. The van der Waals surface area contributed by atoms with E-state index >= 15 is 0 Å². The van der Waals surface area contributed by atoms with E-state index in [0.29, 0.717) is 32.6 Å². The van der Waals surface area contributed by atoms with Gasteiger partial charge in [0.1, 0.15) is 16.8 Å². The molecule has 0 unspecified atom stereocenters. The number of guanidine groups is 2. The predicted molar refractivity (Wildman–Crippen MR) is 179 cm³/mol. The second-order valence-electron chi connectivity index (χ2n) is 14.3. The van der Waals surface area contributed by atoms with Crippen molar-refractivity contribution in [1.29, 1.82) is 0 Å². The summed E-state index contributed by atoms with van der Waals surface area (Å²) in [4.78, 5) is 60.7. The fraction of sp³-hybridized carbons (Fsp3) is 0.812. The van der Waals surface area contributed by atoms with Gasteiger partial charge in [0.2, 0.25) is 11.9 Å². The maximum Gasteiger partial charge on any atom is 0.414 e. The summed E-state index contributed by atoms with van der Waals surface area (Å²) in [5.41, 5.74) is -2.12. The van der Waals surface area contributed by atoms with Crippen LogP contribution in [-0.4, -0.2) is 84.1 Å². The molecule has 0 atom stereocenters. The molecule has 0 aliphatic carbocycles. The average Bonchev–Trinajstić information content (AvgIpc) is 2.87. The van der Waals surface area contributed by atoms with Crippen molar-refractivity contribution in [2.75, 3.05) is 26.2 Å². The number of aliphatic imine (C=N–C) groups is 2. The fourth-order valence-corrected chi connectivity index (χ4v) is 4.19. The Morgan fingerprint density at radius 1 is 0.739 bits per heavy atom. The molecule has 46 heavy (non-hydrogen) atoms. The lowest BCUT2D eigenvalue weighted by Gasteiger charge is -2.24. The second-order valence-corrected chi connectivity index (χ2v) is 14.3. The summed E-state index contributed by atoms with van der Waals surface area (Å²) in [5.74, 6) is 0.0462. The first-order valence-electron chi connectivity index (χ1n) is 16.5. The van der Waals surface area contributed by atoms with Crippen LogP contribution >= 0.6 is 0 Å². The van der Waals surface area contributed by atoms with Crippen molar-refractivity contribution in [1.82, 2.24) is 26.2 Å². The first kappa shape index (κ1) is 40.4. The number of urea groups is 1. The molecule has 1 aliphatic heterocycles. The normalized spacial score (nSPS) is 15.5. The summed E-state index contributed by atoms with van der Waals surface area (Å²) < 4.78 is 15.9. The molecule has 0 aromatic rings. The van der Waals surface area contributed by atoms with Crippen molar-refractivity contribution in [3.8, 4) is 0 Å². The Labute approximate surface area is 275 Å². The standard InChI is InChI=1S/C32H59N7O7/c1-30(2,3)44-27(41)36-24-33-20-16-12-10-11-14-18-22-39(26(40)35-24)23-19-15-13-17-21-34-25(37-28(42)45-31(4,5)6)38-29(43)46-32(7,8)9/h10-23H2,1-9H3,(H2,33,35,36,40,41)(H2,34,37,38,42,43). The summed E-state index contributed by atoms with van der Waals surface area (Å²) >= 11 is 0. The molecule has 0 aromatic heterocycles. The highest BCUT2D eigenvalue weighted by Crippen LogP contribution is 2.11. The molecule has 1 aliphatic rings. The topological polar surface area (TPSA) is 172 Å². The predicted octanol–water partition coefficient (Wildman–Crippen LogP) is 6.20. The van der Waals surface area contributed by atoms with Gasteiger partial charge >= 0.3 is 24.3 Å². The van der Waals surface area contributed by atoms with E-state index < -0.39 is 35.1 Å². The van der Waals surface area contributed by atoms with Crippen molar-refractivity contribution in [3.63, 3.8) is 0 Å². The van der Waals surface area contributed by atoms with Gasteiger partial charge in [0.25, 0.3) is 0 Å². The lowest BCUT2D eigenvalue weighted by atomic mass is 10.1. The number of hydrogen-bond donors (Lipinski definition) is 4. The highest BCUT2D eigenvalue weighted by Gasteiger charge is 2.22. The SMILES string of the molecule is CC(C)(C)OC(=O)NC(=NCCCCCCN1CCCCCCCCN=C(NC(=O)OC(C)(C)C)NC1=O)NC(=O)OC(C)(C)C. The van der Waals surface area contributed by atoms with Crippen LogP contribution in [0.1, 0.15) is 127 Å². The van der Waals surface area contributed by atoms with E-state index in [1.165, 1.54) is 0 Å². The molecule has 0 fully saturated rings. The maximum atomic E-state index is 13.2. The molecule has 0 saturated heterocycles. The number of nitrogens with one attached hydrogen (secondary N) is 4. The number of alkyl carbamates (subject to hydrolysis) is 3. The van der Waals surface area contributed by atoms with Gasteiger partial charge in [-0.2, -0.15) is 0 Å². The molecule has 1 rings (SSSR count). The van der Waals surface area contributed by atoms with Gasteiger partial charge in [0.15, 0.2) is 0 Å². The lowest BCUT2D eigenvalue weighted by Crippen LogP contribution is -2.50. The second kappa shape index (κ2) is 19.8. The molecule has 0 bridgehead atoms. The van der Waals surface area contributed by atoms with E-state index in [-0.39, 0.29) is 18.0 Å². The van der Waals surface area contributed by atoms with E-state index in [4.69, 9.17) is 14.2 Å². The van der Waals surface area contributed by atoms with Gasteiger partial charge < -0.3 is 19.1 Å². The van der Waals surface area contributed by atoms with Gasteiger partial charge in [-0.15, -0.1) is 0 Å². The average molecular weight is 654 g/mol. The summed E-state index contributed by atoms with van der Waals surface area (Å²) in [6.07, 6.45) is 7.04. The molecule has 0 aromatic carbocycles. The molecule has 0 saturated carbocycles. The minimum Gasteiger partial charge on any atom is -0.444 e. The smallest absolute Gasteiger partial charge is 0.414 e. The van der Waals surface area contributed by atoms with Crippen molar-refractivity contribution in [2.45, 2.75) is 143 Å². The zero-order valence-electron chi connectivity index (χ0n) is 29.6. The van der Waals surface area contributed by atoms with E-state index in [1.807, 2.05) is 0 Å². The Balaban J connectivity index is 2.72. The first-order chi connectivity index (χ1) is 21.3. The Hall–Kier alpha value is -3.58. The molecule has 14 heteroatoms. The molecule has 14 nitrogen and oxygen atoms in total. The fourth-order valence-electron chi connectivity index (χ4n) is 4.19.